The summed E-state index contributed by atoms with van der Waals surface area (Å²) in [6.07, 6.45) is 3.84. The molecule has 7 heteroatoms. The molecular weight excluding hydrogens is 328 g/mol. The Balaban J connectivity index is 2.09. The number of amides is 3. The Morgan fingerprint density at radius 1 is 1.38 bits per heavy atom. The summed E-state index contributed by atoms with van der Waals surface area (Å²) in [6.45, 7) is 3.71. The molecule has 0 spiro atoms. The number of likely N-dealkylation sites (tertiary alicyclic amines) is 1. The number of anilines is 1. The molecule has 4 N–H and O–H groups in total. The van der Waals surface area contributed by atoms with Crippen molar-refractivity contribution in [3.05, 3.63) is 28.8 Å². The molecule has 0 radical (unpaired) electrons. The molecule has 6 nitrogen and oxygen atoms in total. The van der Waals surface area contributed by atoms with Crippen LogP contribution < -0.4 is 16.4 Å². The van der Waals surface area contributed by atoms with Crippen molar-refractivity contribution in [1.82, 2.24) is 10.2 Å². The number of hydrogen-bond acceptors (Lipinski definition) is 3. The van der Waals surface area contributed by atoms with Crippen LogP contribution in [0.15, 0.2) is 18.2 Å². The van der Waals surface area contributed by atoms with Gasteiger partial charge < -0.3 is 21.3 Å². The largest absolute Gasteiger partial charge is 0.352 e. The summed E-state index contributed by atoms with van der Waals surface area (Å²) >= 11 is 6.10. The lowest BCUT2D eigenvalue weighted by atomic mass is 10.0. The monoisotopic (exact) mass is 352 g/mol. The van der Waals surface area contributed by atoms with E-state index in [9.17, 15) is 9.59 Å². The molecule has 1 aromatic rings. The van der Waals surface area contributed by atoms with Gasteiger partial charge in [0, 0.05) is 31.4 Å². The third-order valence-electron chi connectivity index (χ3n) is 4.16. The van der Waals surface area contributed by atoms with E-state index in [1.165, 1.54) is 0 Å². The number of halogens is 1. The molecule has 1 aliphatic rings. The second-order valence-corrected chi connectivity index (χ2v) is 6.37. The number of urea groups is 1. The molecule has 1 atom stereocenters. The maximum Gasteiger partial charge on any atom is 0.322 e. The maximum absolute atomic E-state index is 12.5. The van der Waals surface area contributed by atoms with Gasteiger partial charge in [0.25, 0.3) is 5.91 Å². The van der Waals surface area contributed by atoms with E-state index in [4.69, 9.17) is 17.3 Å². The van der Waals surface area contributed by atoms with Crippen molar-refractivity contribution in [1.29, 1.82) is 0 Å². The van der Waals surface area contributed by atoms with Gasteiger partial charge in [0.15, 0.2) is 0 Å². The predicted molar refractivity (Wildman–Crippen MR) is 96.5 cm³/mol. The lowest BCUT2D eigenvalue weighted by Gasteiger charge is -2.35. The van der Waals surface area contributed by atoms with Crippen LogP contribution in [-0.4, -0.2) is 42.5 Å². The van der Waals surface area contributed by atoms with E-state index >= 15 is 0 Å². The van der Waals surface area contributed by atoms with Crippen molar-refractivity contribution in [2.75, 3.05) is 25.0 Å². The third kappa shape index (κ3) is 4.61. The predicted octanol–water partition coefficient (Wildman–Crippen LogP) is 2.82. The smallest absolute Gasteiger partial charge is 0.322 e. The van der Waals surface area contributed by atoms with Crippen LogP contribution in [0.5, 0.6) is 0 Å². The molecule has 1 saturated heterocycles. The van der Waals surface area contributed by atoms with Gasteiger partial charge in [-0.15, -0.1) is 0 Å². The molecule has 1 fully saturated rings. The Hall–Kier alpha value is -1.79. The van der Waals surface area contributed by atoms with Gasteiger partial charge in [0.2, 0.25) is 0 Å². The molecule has 0 unspecified atom stereocenters. The Kier molecular flexibility index (Phi) is 6.87. The first-order chi connectivity index (χ1) is 11.6. The van der Waals surface area contributed by atoms with Gasteiger partial charge in [-0.1, -0.05) is 18.5 Å². The Bertz CT molecular complexity index is 594. The maximum atomic E-state index is 12.5. The van der Waals surface area contributed by atoms with Crippen LogP contribution in [0.3, 0.4) is 0 Å². The zero-order chi connectivity index (χ0) is 17.5. The summed E-state index contributed by atoms with van der Waals surface area (Å²) in [6, 6.07) is 4.80. The molecule has 0 aliphatic carbocycles. The average Bonchev–Trinajstić information content (AvgIpc) is 2.61. The van der Waals surface area contributed by atoms with Gasteiger partial charge in [-0.2, -0.15) is 0 Å². The van der Waals surface area contributed by atoms with E-state index in [0.29, 0.717) is 35.9 Å². The highest BCUT2D eigenvalue weighted by molar-refractivity contribution is 6.34. The first-order valence-corrected chi connectivity index (χ1v) is 8.80. The normalized spacial score (nSPS) is 17.5. The van der Waals surface area contributed by atoms with Crippen molar-refractivity contribution in [2.24, 2.45) is 5.73 Å². The summed E-state index contributed by atoms with van der Waals surface area (Å²) in [5.74, 6) is -0.240. The van der Waals surface area contributed by atoms with Crippen LogP contribution in [0.2, 0.25) is 5.02 Å². The van der Waals surface area contributed by atoms with E-state index < -0.39 is 0 Å². The molecule has 24 heavy (non-hydrogen) atoms. The summed E-state index contributed by atoms with van der Waals surface area (Å²) in [5, 5.41) is 5.99. The summed E-state index contributed by atoms with van der Waals surface area (Å²) in [4.78, 5) is 26.4. The first kappa shape index (κ1) is 18.5. The standard InChI is InChI=1S/C17H25ClN4O2/c1-2-8-20-16(23)14-10-12(6-7-15(14)18)21-17(24)22-9-4-3-5-13(22)11-19/h6-7,10,13H,2-5,8-9,11,19H2,1H3,(H,20,23)(H,21,24)/t13-/m1/s1. The van der Waals surface area contributed by atoms with Gasteiger partial charge in [-0.25, -0.2) is 4.79 Å². The highest BCUT2D eigenvalue weighted by atomic mass is 35.5. The fourth-order valence-corrected chi connectivity index (χ4v) is 3.02. The third-order valence-corrected chi connectivity index (χ3v) is 4.49. The second-order valence-electron chi connectivity index (χ2n) is 5.96. The van der Waals surface area contributed by atoms with Crippen molar-refractivity contribution >= 4 is 29.2 Å². The molecule has 1 heterocycles. The van der Waals surface area contributed by atoms with Crippen molar-refractivity contribution < 1.29 is 9.59 Å². The number of nitrogens with two attached hydrogens (primary N) is 1. The number of rotatable bonds is 5. The number of carbonyl (C=O) groups is 2. The topological polar surface area (TPSA) is 87.5 Å². The lowest BCUT2D eigenvalue weighted by Crippen LogP contribution is -2.49. The van der Waals surface area contributed by atoms with Crippen LogP contribution in [-0.2, 0) is 0 Å². The SMILES string of the molecule is CCCNC(=O)c1cc(NC(=O)N2CCCC[C@@H]2CN)ccc1Cl. The van der Waals surface area contributed by atoms with Gasteiger partial charge in [0.1, 0.15) is 0 Å². The summed E-state index contributed by atoms with van der Waals surface area (Å²) in [7, 11) is 0. The minimum atomic E-state index is -0.240. The molecule has 0 aromatic heterocycles. The van der Waals surface area contributed by atoms with Crippen LogP contribution in [0.1, 0.15) is 43.0 Å². The van der Waals surface area contributed by atoms with E-state index in [-0.39, 0.29) is 18.0 Å². The molecule has 1 aliphatic heterocycles. The number of nitrogens with zero attached hydrogens (tertiary/aromatic N) is 1. The van der Waals surface area contributed by atoms with E-state index in [2.05, 4.69) is 10.6 Å². The Labute approximate surface area is 147 Å². The lowest BCUT2D eigenvalue weighted by molar-refractivity contribution is 0.0953. The van der Waals surface area contributed by atoms with Crippen molar-refractivity contribution in [3.8, 4) is 0 Å². The Morgan fingerprint density at radius 2 is 2.17 bits per heavy atom. The first-order valence-electron chi connectivity index (χ1n) is 8.42. The quantitative estimate of drug-likeness (QED) is 0.761. The molecule has 2 rings (SSSR count). The van der Waals surface area contributed by atoms with Crippen LogP contribution in [0, 0.1) is 0 Å². The van der Waals surface area contributed by atoms with Gasteiger partial charge in [0.05, 0.1) is 10.6 Å². The fraction of sp³-hybridized carbons (Fsp3) is 0.529. The number of nitrogens with one attached hydrogen (secondary N) is 2. The number of carbonyl (C=O) groups excluding carboxylic acids is 2. The zero-order valence-electron chi connectivity index (χ0n) is 14.0. The average molecular weight is 353 g/mol. The number of piperidine rings is 1. The van der Waals surface area contributed by atoms with Crippen molar-refractivity contribution in [3.63, 3.8) is 0 Å². The molecule has 0 bridgehead atoms. The number of hydrogen-bond donors (Lipinski definition) is 3. The fourth-order valence-electron chi connectivity index (χ4n) is 2.82. The number of benzene rings is 1. The van der Waals surface area contributed by atoms with Gasteiger partial charge in [-0.3, -0.25) is 4.79 Å². The van der Waals surface area contributed by atoms with Crippen LogP contribution in [0.4, 0.5) is 10.5 Å². The molecule has 0 saturated carbocycles. The van der Waals surface area contributed by atoms with E-state index in [0.717, 1.165) is 25.7 Å². The molecule has 132 valence electrons. The second kappa shape index (κ2) is 8.89. The van der Waals surface area contributed by atoms with Crippen LogP contribution >= 0.6 is 11.6 Å². The van der Waals surface area contributed by atoms with E-state index in [1.807, 2.05) is 6.92 Å². The summed E-state index contributed by atoms with van der Waals surface area (Å²) in [5.41, 5.74) is 6.67. The zero-order valence-corrected chi connectivity index (χ0v) is 14.7. The highest BCUT2D eigenvalue weighted by Crippen LogP contribution is 2.22. The van der Waals surface area contributed by atoms with Gasteiger partial charge in [-0.05, 0) is 43.9 Å². The minimum absolute atomic E-state index is 0.0679. The van der Waals surface area contributed by atoms with Crippen LogP contribution in [0.25, 0.3) is 0 Å². The van der Waals surface area contributed by atoms with Crippen molar-refractivity contribution in [2.45, 2.75) is 38.6 Å². The molecule has 1 aromatic carbocycles. The Morgan fingerprint density at radius 3 is 2.88 bits per heavy atom. The van der Waals surface area contributed by atoms with Gasteiger partial charge >= 0.3 is 6.03 Å². The molecular formula is C17H25ClN4O2. The minimum Gasteiger partial charge on any atom is -0.352 e. The summed E-state index contributed by atoms with van der Waals surface area (Å²) < 4.78 is 0. The highest BCUT2D eigenvalue weighted by Gasteiger charge is 2.25. The van der Waals surface area contributed by atoms with E-state index in [1.54, 1.807) is 23.1 Å². The molecule has 3 amide bonds.